The molecule has 0 radical (unpaired) electrons. The second-order valence-electron chi connectivity index (χ2n) is 6.51. The molecule has 3 atom stereocenters. The maximum absolute atomic E-state index is 9.97. The van der Waals surface area contributed by atoms with Crippen molar-refractivity contribution < 1.29 is 5.11 Å². The second kappa shape index (κ2) is 8.13. The van der Waals surface area contributed by atoms with Crippen LogP contribution in [-0.2, 0) is 0 Å². The van der Waals surface area contributed by atoms with Gasteiger partial charge in [-0.15, -0.1) is 0 Å². The summed E-state index contributed by atoms with van der Waals surface area (Å²) in [6.07, 6.45) is 7.35. The minimum atomic E-state index is -0.0197. The summed E-state index contributed by atoms with van der Waals surface area (Å²) >= 11 is 0. The number of hydrogen-bond acceptors (Lipinski definition) is 1. The molecule has 1 aliphatic carbocycles. The summed E-state index contributed by atoms with van der Waals surface area (Å²) in [6, 6.07) is 0. The number of rotatable bonds is 3. The molecular weight excluding hydrogens is 208 g/mol. The molecule has 0 aromatic rings. The van der Waals surface area contributed by atoms with Crippen molar-refractivity contribution in [1.29, 1.82) is 0 Å². The fourth-order valence-corrected chi connectivity index (χ4v) is 2.67. The predicted octanol–water partition coefficient (Wildman–Crippen LogP) is 5.03. The Kier molecular flexibility index (Phi) is 8.11. The van der Waals surface area contributed by atoms with Crippen LogP contribution in [0.5, 0.6) is 0 Å². The van der Waals surface area contributed by atoms with Gasteiger partial charge in [-0.3, -0.25) is 0 Å². The van der Waals surface area contributed by atoms with Crippen LogP contribution in [0.4, 0.5) is 0 Å². The number of aliphatic hydroxyl groups excluding tert-OH is 1. The van der Waals surface area contributed by atoms with Crippen LogP contribution in [0.15, 0.2) is 0 Å². The zero-order chi connectivity index (χ0) is 13.5. The van der Waals surface area contributed by atoms with E-state index < -0.39 is 0 Å². The maximum atomic E-state index is 9.97. The Morgan fingerprint density at radius 2 is 1.71 bits per heavy atom. The molecule has 0 heterocycles. The first-order chi connectivity index (χ1) is 7.92. The van der Waals surface area contributed by atoms with E-state index in [-0.39, 0.29) is 6.10 Å². The van der Waals surface area contributed by atoms with Crippen molar-refractivity contribution in [2.75, 3.05) is 0 Å². The van der Waals surface area contributed by atoms with Crippen molar-refractivity contribution in [2.24, 2.45) is 17.3 Å². The van der Waals surface area contributed by atoms with Crippen molar-refractivity contribution in [3.8, 4) is 0 Å². The molecule has 0 spiro atoms. The molecule has 17 heavy (non-hydrogen) atoms. The van der Waals surface area contributed by atoms with Gasteiger partial charge in [-0.25, -0.2) is 0 Å². The van der Waals surface area contributed by atoms with Crippen molar-refractivity contribution in [2.45, 2.75) is 86.2 Å². The summed E-state index contributed by atoms with van der Waals surface area (Å²) in [7, 11) is 0. The van der Waals surface area contributed by atoms with E-state index in [4.69, 9.17) is 0 Å². The molecule has 0 aliphatic heterocycles. The van der Waals surface area contributed by atoms with Gasteiger partial charge in [0.05, 0.1) is 6.10 Å². The summed E-state index contributed by atoms with van der Waals surface area (Å²) < 4.78 is 0. The van der Waals surface area contributed by atoms with Gasteiger partial charge in [-0.1, -0.05) is 48.0 Å². The van der Waals surface area contributed by atoms with Crippen LogP contribution < -0.4 is 0 Å². The van der Waals surface area contributed by atoms with Gasteiger partial charge in [0.1, 0.15) is 0 Å². The van der Waals surface area contributed by atoms with Crippen LogP contribution in [0.1, 0.15) is 80.1 Å². The van der Waals surface area contributed by atoms with Gasteiger partial charge < -0.3 is 5.11 Å². The second-order valence-corrected chi connectivity index (χ2v) is 6.51. The third kappa shape index (κ3) is 7.08. The Morgan fingerprint density at radius 3 is 2.12 bits per heavy atom. The van der Waals surface area contributed by atoms with Gasteiger partial charge in [-0.05, 0) is 49.4 Å². The van der Waals surface area contributed by atoms with Crippen molar-refractivity contribution in [3.63, 3.8) is 0 Å². The molecule has 0 saturated heterocycles. The topological polar surface area (TPSA) is 20.2 Å². The minimum Gasteiger partial charge on any atom is -0.393 e. The van der Waals surface area contributed by atoms with Crippen LogP contribution in [0, 0.1) is 17.3 Å². The first kappa shape index (κ1) is 17.0. The standard InChI is InChI=1S/C14H28O.C2H6/c1-5-12-7-6-11(10-13(12)15)8-9-14(2,3)4;1-2/h11-13,15H,5-10H2,1-4H3;1-2H3. The van der Waals surface area contributed by atoms with Crippen molar-refractivity contribution in [1.82, 2.24) is 0 Å². The molecule has 0 aromatic carbocycles. The molecule has 104 valence electrons. The molecule has 1 rings (SSSR count). The Balaban J connectivity index is 0.00000121. The number of aliphatic hydroxyl groups is 1. The lowest BCUT2D eigenvalue weighted by Gasteiger charge is -2.33. The molecule has 1 saturated carbocycles. The molecule has 0 bridgehead atoms. The average Bonchev–Trinajstić information content (AvgIpc) is 2.28. The average molecular weight is 242 g/mol. The highest BCUT2D eigenvalue weighted by atomic mass is 16.3. The van der Waals surface area contributed by atoms with Crippen molar-refractivity contribution in [3.05, 3.63) is 0 Å². The molecule has 1 heteroatoms. The minimum absolute atomic E-state index is 0.0197. The van der Waals surface area contributed by atoms with E-state index in [1.165, 1.54) is 25.7 Å². The van der Waals surface area contributed by atoms with Gasteiger partial charge in [-0.2, -0.15) is 0 Å². The fraction of sp³-hybridized carbons (Fsp3) is 1.00. The van der Waals surface area contributed by atoms with E-state index in [9.17, 15) is 5.11 Å². The summed E-state index contributed by atoms with van der Waals surface area (Å²) in [6.45, 7) is 13.1. The third-order valence-corrected chi connectivity index (χ3v) is 3.89. The van der Waals surface area contributed by atoms with Gasteiger partial charge in [0.25, 0.3) is 0 Å². The molecule has 0 amide bonds. The highest BCUT2D eigenvalue weighted by Crippen LogP contribution is 2.35. The normalized spacial score (nSPS) is 29.5. The molecule has 1 N–H and O–H groups in total. The van der Waals surface area contributed by atoms with E-state index >= 15 is 0 Å². The highest BCUT2D eigenvalue weighted by Gasteiger charge is 2.28. The van der Waals surface area contributed by atoms with Gasteiger partial charge in [0, 0.05) is 0 Å². The van der Waals surface area contributed by atoms with Crippen LogP contribution >= 0.6 is 0 Å². The smallest absolute Gasteiger partial charge is 0.0570 e. The summed E-state index contributed by atoms with van der Waals surface area (Å²) in [5, 5.41) is 9.97. The molecule has 0 aromatic heterocycles. The first-order valence-corrected chi connectivity index (χ1v) is 7.60. The predicted molar refractivity (Wildman–Crippen MR) is 77.2 cm³/mol. The Hall–Kier alpha value is -0.0400. The molecule has 1 aliphatic rings. The van der Waals surface area contributed by atoms with Crippen molar-refractivity contribution >= 4 is 0 Å². The summed E-state index contributed by atoms with van der Waals surface area (Å²) in [5.74, 6) is 1.36. The van der Waals surface area contributed by atoms with Crippen LogP contribution in [-0.4, -0.2) is 11.2 Å². The SMILES string of the molecule is CC.CCC1CCC(CCC(C)(C)C)CC1O. The molecule has 3 unspecified atom stereocenters. The Morgan fingerprint density at radius 1 is 1.12 bits per heavy atom. The van der Waals surface area contributed by atoms with Crippen LogP contribution in [0.25, 0.3) is 0 Å². The van der Waals surface area contributed by atoms with E-state index in [0.29, 0.717) is 11.3 Å². The first-order valence-electron chi connectivity index (χ1n) is 7.60. The summed E-state index contributed by atoms with van der Waals surface area (Å²) in [4.78, 5) is 0. The third-order valence-electron chi connectivity index (χ3n) is 3.89. The zero-order valence-corrected chi connectivity index (χ0v) is 12.9. The largest absolute Gasteiger partial charge is 0.393 e. The van der Waals surface area contributed by atoms with E-state index in [1.54, 1.807) is 0 Å². The quantitative estimate of drug-likeness (QED) is 0.736. The van der Waals surface area contributed by atoms with Gasteiger partial charge >= 0.3 is 0 Å². The van der Waals surface area contributed by atoms with E-state index in [1.807, 2.05) is 13.8 Å². The molecular formula is C16H34O. The Bertz CT molecular complexity index is 180. The lowest BCUT2D eigenvalue weighted by Crippen LogP contribution is -2.29. The van der Waals surface area contributed by atoms with Crippen LogP contribution in [0.3, 0.4) is 0 Å². The molecule has 1 fully saturated rings. The highest BCUT2D eigenvalue weighted by molar-refractivity contribution is 4.80. The van der Waals surface area contributed by atoms with E-state index in [0.717, 1.165) is 18.8 Å². The van der Waals surface area contributed by atoms with Crippen LogP contribution in [0.2, 0.25) is 0 Å². The van der Waals surface area contributed by atoms with Gasteiger partial charge in [0.2, 0.25) is 0 Å². The molecule has 1 nitrogen and oxygen atoms in total. The lowest BCUT2D eigenvalue weighted by atomic mass is 9.75. The number of hydrogen-bond donors (Lipinski definition) is 1. The fourth-order valence-electron chi connectivity index (χ4n) is 2.67. The monoisotopic (exact) mass is 242 g/mol. The zero-order valence-electron chi connectivity index (χ0n) is 12.9. The van der Waals surface area contributed by atoms with E-state index in [2.05, 4.69) is 27.7 Å². The lowest BCUT2D eigenvalue weighted by molar-refractivity contribution is 0.0382. The Labute approximate surface area is 109 Å². The maximum Gasteiger partial charge on any atom is 0.0570 e. The van der Waals surface area contributed by atoms with Gasteiger partial charge in [0.15, 0.2) is 0 Å². The summed E-state index contributed by atoms with van der Waals surface area (Å²) in [5.41, 5.74) is 0.451.